The van der Waals surface area contributed by atoms with Gasteiger partial charge >= 0.3 is 0 Å². The van der Waals surface area contributed by atoms with Gasteiger partial charge in [0.05, 0.1) is 10.7 Å². The number of piperidine rings is 1. The molecule has 26 heavy (non-hydrogen) atoms. The quantitative estimate of drug-likeness (QED) is 0.823. The van der Waals surface area contributed by atoms with Crippen LogP contribution < -0.4 is 10.5 Å². The normalized spacial score (nSPS) is 16.6. The lowest BCUT2D eigenvalue weighted by Gasteiger charge is -2.38. The summed E-state index contributed by atoms with van der Waals surface area (Å²) in [5.41, 5.74) is 1.14. The van der Waals surface area contributed by atoms with E-state index in [0.717, 1.165) is 31.5 Å². The predicted molar refractivity (Wildman–Crippen MR) is 105 cm³/mol. The van der Waals surface area contributed by atoms with Gasteiger partial charge in [0.1, 0.15) is 17.4 Å². The number of carbonyl (C=O) groups excluding carboxylic acids is 1. The molecule has 138 valence electrons. The summed E-state index contributed by atoms with van der Waals surface area (Å²) in [6.45, 7) is 8.84. The minimum Gasteiger partial charge on any atom is -0.356 e. The maximum atomic E-state index is 12.8. The van der Waals surface area contributed by atoms with Crippen molar-refractivity contribution < 1.29 is 4.79 Å². The molecule has 2 heterocycles. The summed E-state index contributed by atoms with van der Waals surface area (Å²) in [5, 5.41) is 0.558. The van der Waals surface area contributed by atoms with Crippen molar-refractivity contribution in [2.75, 3.05) is 18.0 Å². The van der Waals surface area contributed by atoms with Crippen LogP contribution in [0, 0.1) is 19.3 Å². The summed E-state index contributed by atoms with van der Waals surface area (Å²) in [6, 6.07) is 7.17. The largest absolute Gasteiger partial charge is 0.356 e. The molecule has 0 radical (unpaired) electrons. The first-order chi connectivity index (χ1) is 12.2. The Kier molecular flexibility index (Phi) is 4.93. The molecule has 0 aliphatic carbocycles. The van der Waals surface area contributed by atoms with E-state index in [-0.39, 0.29) is 16.8 Å². The first-order valence-electron chi connectivity index (χ1n) is 8.85. The standard InChI is InChI=1S/C20H24ClN3O2/c1-13-6-5-7-16(19(13)21)24-15(3)22-17(12-18(24)26)23-10-8-20(4,9-11-23)14(2)25/h5-7,12H,8-11H2,1-4H3. The van der Waals surface area contributed by atoms with Crippen molar-refractivity contribution in [1.82, 2.24) is 9.55 Å². The average Bonchev–Trinajstić information content (AvgIpc) is 2.58. The van der Waals surface area contributed by atoms with Crippen LogP contribution in [0.25, 0.3) is 5.69 Å². The maximum Gasteiger partial charge on any atom is 0.260 e. The second-order valence-electron chi connectivity index (χ2n) is 7.35. The molecule has 1 aromatic heterocycles. The molecule has 5 nitrogen and oxygen atoms in total. The van der Waals surface area contributed by atoms with Gasteiger partial charge in [-0.3, -0.25) is 14.2 Å². The van der Waals surface area contributed by atoms with Crippen molar-refractivity contribution in [2.45, 2.75) is 40.5 Å². The number of hydrogen-bond acceptors (Lipinski definition) is 4. The SMILES string of the molecule is CC(=O)C1(C)CCN(c2cc(=O)n(-c3cccc(C)c3Cl)c(C)n2)CC1. The van der Waals surface area contributed by atoms with Crippen LogP contribution in [0.15, 0.2) is 29.1 Å². The third-order valence-corrected chi connectivity index (χ3v) is 6.02. The van der Waals surface area contributed by atoms with E-state index in [1.54, 1.807) is 17.6 Å². The fourth-order valence-electron chi connectivity index (χ4n) is 3.42. The molecule has 1 fully saturated rings. The second kappa shape index (κ2) is 6.88. The van der Waals surface area contributed by atoms with E-state index in [0.29, 0.717) is 22.4 Å². The van der Waals surface area contributed by atoms with Crippen molar-refractivity contribution in [3.05, 3.63) is 51.0 Å². The first kappa shape index (κ1) is 18.6. The van der Waals surface area contributed by atoms with Crippen LogP contribution in [0.4, 0.5) is 5.82 Å². The Labute approximate surface area is 158 Å². The Morgan fingerprint density at radius 2 is 1.88 bits per heavy atom. The van der Waals surface area contributed by atoms with Crippen LogP contribution in [-0.4, -0.2) is 28.4 Å². The van der Waals surface area contributed by atoms with Crippen molar-refractivity contribution in [3.8, 4) is 5.69 Å². The zero-order valence-electron chi connectivity index (χ0n) is 15.7. The number of aromatic nitrogens is 2. The van der Waals surface area contributed by atoms with E-state index in [1.807, 2.05) is 39.0 Å². The van der Waals surface area contributed by atoms with Gasteiger partial charge in [-0.25, -0.2) is 4.98 Å². The molecule has 0 spiro atoms. The molecule has 1 aliphatic heterocycles. The van der Waals surface area contributed by atoms with Gasteiger partial charge in [0, 0.05) is 24.6 Å². The molecule has 0 saturated carbocycles. The molecule has 1 aliphatic rings. The number of rotatable bonds is 3. The number of benzene rings is 1. The van der Waals surface area contributed by atoms with Crippen molar-refractivity contribution in [2.24, 2.45) is 5.41 Å². The average molecular weight is 374 g/mol. The molecule has 2 aromatic rings. The molecule has 6 heteroatoms. The minimum atomic E-state index is -0.268. The Bertz CT molecular complexity index is 912. The summed E-state index contributed by atoms with van der Waals surface area (Å²) in [6.07, 6.45) is 1.55. The summed E-state index contributed by atoms with van der Waals surface area (Å²) in [4.78, 5) is 31.3. The van der Waals surface area contributed by atoms with Gasteiger partial charge in [-0.1, -0.05) is 30.7 Å². The number of aryl methyl sites for hydroxylation is 2. The zero-order valence-corrected chi connectivity index (χ0v) is 16.4. The summed E-state index contributed by atoms with van der Waals surface area (Å²) >= 11 is 6.39. The van der Waals surface area contributed by atoms with Crippen LogP contribution in [0.5, 0.6) is 0 Å². The van der Waals surface area contributed by atoms with Crippen molar-refractivity contribution >= 4 is 23.2 Å². The fourth-order valence-corrected chi connectivity index (χ4v) is 3.63. The molecular weight excluding hydrogens is 350 g/mol. The second-order valence-corrected chi connectivity index (χ2v) is 7.73. The van der Waals surface area contributed by atoms with Gasteiger partial charge in [0.25, 0.3) is 5.56 Å². The van der Waals surface area contributed by atoms with Crippen LogP contribution in [0.2, 0.25) is 5.02 Å². The number of hydrogen-bond donors (Lipinski definition) is 0. The number of carbonyl (C=O) groups is 1. The summed E-state index contributed by atoms with van der Waals surface area (Å²) in [5.74, 6) is 1.49. The van der Waals surface area contributed by atoms with Gasteiger partial charge in [-0.05, 0) is 45.2 Å². The van der Waals surface area contributed by atoms with Crippen molar-refractivity contribution in [1.29, 1.82) is 0 Å². The van der Waals surface area contributed by atoms with E-state index in [1.165, 1.54) is 0 Å². The highest BCUT2D eigenvalue weighted by atomic mass is 35.5. The number of Topliss-reactive ketones (excluding diaryl/α,β-unsaturated/α-hetero) is 1. The van der Waals surface area contributed by atoms with Crippen molar-refractivity contribution in [3.63, 3.8) is 0 Å². The number of anilines is 1. The topological polar surface area (TPSA) is 55.2 Å². The van der Waals surface area contributed by atoms with Gasteiger partial charge in [-0.15, -0.1) is 0 Å². The van der Waals surface area contributed by atoms with Crippen LogP contribution in [0.1, 0.15) is 38.1 Å². The van der Waals surface area contributed by atoms with Crippen LogP contribution in [-0.2, 0) is 4.79 Å². The van der Waals surface area contributed by atoms with E-state index in [9.17, 15) is 9.59 Å². The lowest BCUT2D eigenvalue weighted by molar-refractivity contribution is -0.126. The zero-order chi connectivity index (χ0) is 19.1. The number of ketones is 1. The summed E-state index contributed by atoms with van der Waals surface area (Å²) < 4.78 is 1.54. The lowest BCUT2D eigenvalue weighted by Crippen LogP contribution is -2.43. The Morgan fingerprint density at radius 1 is 1.23 bits per heavy atom. The molecule has 0 bridgehead atoms. The van der Waals surface area contributed by atoms with E-state index in [4.69, 9.17) is 11.6 Å². The van der Waals surface area contributed by atoms with E-state index < -0.39 is 0 Å². The molecule has 0 atom stereocenters. The fraction of sp³-hybridized carbons (Fsp3) is 0.450. The van der Waals surface area contributed by atoms with Gasteiger partial charge in [0.2, 0.25) is 0 Å². The predicted octanol–water partition coefficient (Wildman–Crippen LogP) is 3.70. The molecule has 1 saturated heterocycles. The Balaban J connectivity index is 1.93. The van der Waals surface area contributed by atoms with Crippen LogP contribution >= 0.6 is 11.6 Å². The molecule has 3 rings (SSSR count). The summed E-state index contributed by atoms with van der Waals surface area (Å²) in [7, 11) is 0. The van der Waals surface area contributed by atoms with E-state index >= 15 is 0 Å². The third kappa shape index (κ3) is 3.28. The third-order valence-electron chi connectivity index (χ3n) is 5.53. The molecular formula is C20H24ClN3O2. The Hall–Kier alpha value is -2.14. The molecule has 0 unspecified atom stereocenters. The van der Waals surface area contributed by atoms with Crippen LogP contribution in [0.3, 0.4) is 0 Å². The number of halogens is 1. The molecule has 0 amide bonds. The smallest absolute Gasteiger partial charge is 0.260 e. The van der Waals surface area contributed by atoms with E-state index in [2.05, 4.69) is 9.88 Å². The van der Waals surface area contributed by atoms with Gasteiger partial charge in [0.15, 0.2) is 0 Å². The maximum absolute atomic E-state index is 12.8. The highest BCUT2D eigenvalue weighted by Crippen LogP contribution is 2.33. The van der Waals surface area contributed by atoms with Gasteiger partial charge in [-0.2, -0.15) is 0 Å². The molecule has 0 N–H and O–H groups in total. The van der Waals surface area contributed by atoms with Gasteiger partial charge < -0.3 is 4.90 Å². The minimum absolute atomic E-state index is 0.153. The first-order valence-corrected chi connectivity index (χ1v) is 9.23. The Morgan fingerprint density at radius 3 is 2.46 bits per heavy atom. The highest BCUT2D eigenvalue weighted by molar-refractivity contribution is 6.33. The highest BCUT2D eigenvalue weighted by Gasteiger charge is 2.34. The lowest BCUT2D eigenvalue weighted by atomic mass is 9.77. The molecule has 1 aromatic carbocycles. The monoisotopic (exact) mass is 373 g/mol. The number of nitrogens with zero attached hydrogens (tertiary/aromatic N) is 3.